The van der Waals surface area contributed by atoms with E-state index in [9.17, 15) is 9.90 Å². The number of carbonyl (C=O) groups is 1. The van der Waals surface area contributed by atoms with Crippen LogP contribution in [0.3, 0.4) is 0 Å². The molecule has 3 aromatic carbocycles. The zero-order valence-corrected chi connectivity index (χ0v) is 18.4. The fourth-order valence-corrected chi connectivity index (χ4v) is 3.97. The number of hydrogen-bond donors (Lipinski definition) is 1. The molecule has 0 bridgehead atoms. The molecule has 0 amide bonds. The van der Waals surface area contributed by atoms with Gasteiger partial charge in [-0.25, -0.2) is 4.79 Å². The molecule has 33 heavy (non-hydrogen) atoms. The van der Waals surface area contributed by atoms with Crippen LogP contribution in [0.15, 0.2) is 91.3 Å². The minimum atomic E-state index is -0.949. The number of ether oxygens (including phenoxy) is 2. The summed E-state index contributed by atoms with van der Waals surface area (Å²) < 4.78 is 13.7. The highest BCUT2D eigenvalue weighted by Gasteiger charge is 2.31. The predicted molar refractivity (Wildman–Crippen MR) is 127 cm³/mol. The molecule has 166 valence electrons. The Balaban J connectivity index is 1.24. The molecular formula is C26H21ClN2O4. The molecule has 5 rings (SSSR count). The molecule has 0 aliphatic carbocycles. The fourth-order valence-electron chi connectivity index (χ4n) is 3.84. The third-order valence-corrected chi connectivity index (χ3v) is 5.72. The summed E-state index contributed by atoms with van der Waals surface area (Å²) in [5, 5.41) is 10.3. The van der Waals surface area contributed by atoms with Gasteiger partial charge in [-0.15, -0.1) is 0 Å². The summed E-state index contributed by atoms with van der Waals surface area (Å²) in [7, 11) is 0. The normalized spacial score (nSPS) is 13.4. The highest BCUT2D eigenvalue weighted by molar-refractivity contribution is 6.30. The average Bonchev–Trinajstić information content (AvgIpc) is 3.33. The summed E-state index contributed by atoms with van der Waals surface area (Å²) in [6.45, 7) is 1.33. The van der Waals surface area contributed by atoms with Crippen molar-refractivity contribution in [3.63, 3.8) is 0 Å². The van der Waals surface area contributed by atoms with Gasteiger partial charge in [0.1, 0.15) is 23.4 Å². The molecule has 0 radical (unpaired) electrons. The molecule has 1 aliphatic heterocycles. The van der Waals surface area contributed by atoms with Crippen LogP contribution < -0.4 is 14.4 Å². The Bertz CT molecular complexity index is 1250. The van der Waals surface area contributed by atoms with E-state index in [1.807, 2.05) is 71.6 Å². The lowest BCUT2D eigenvalue weighted by Crippen LogP contribution is -2.54. The standard InChI is InChI=1S/C26H21ClN2O4/c27-18-6-8-19(9-7-18)32-20-10-12-21(13-11-20)33-22-16-29(17-22)24-5-3-4-23(26(30)31)25(24)28-14-1-2-15-28/h1-15,22H,16-17H2,(H,30,31). The van der Waals surface area contributed by atoms with Crippen LogP contribution in [0.25, 0.3) is 5.69 Å². The van der Waals surface area contributed by atoms with Crippen LogP contribution in [-0.4, -0.2) is 34.8 Å². The van der Waals surface area contributed by atoms with Crippen molar-refractivity contribution < 1.29 is 19.4 Å². The molecule has 0 atom stereocenters. The first-order chi connectivity index (χ1) is 16.1. The zero-order chi connectivity index (χ0) is 22.8. The lowest BCUT2D eigenvalue weighted by atomic mass is 10.1. The van der Waals surface area contributed by atoms with E-state index < -0.39 is 5.97 Å². The second-order valence-electron chi connectivity index (χ2n) is 7.74. The van der Waals surface area contributed by atoms with Crippen LogP contribution in [-0.2, 0) is 0 Å². The summed E-state index contributed by atoms with van der Waals surface area (Å²) in [6, 6.07) is 23.8. The highest BCUT2D eigenvalue weighted by Crippen LogP contribution is 2.33. The molecule has 6 nitrogen and oxygen atoms in total. The largest absolute Gasteiger partial charge is 0.487 e. The Morgan fingerprint density at radius 3 is 2.09 bits per heavy atom. The number of benzene rings is 3. The summed E-state index contributed by atoms with van der Waals surface area (Å²) in [5.41, 5.74) is 1.80. The van der Waals surface area contributed by atoms with Crippen LogP contribution in [0.4, 0.5) is 5.69 Å². The Labute approximate surface area is 196 Å². The summed E-state index contributed by atoms with van der Waals surface area (Å²) in [6.07, 6.45) is 3.72. The number of anilines is 1. The molecule has 0 unspecified atom stereocenters. The number of carboxylic acids is 1. The topological polar surface area (TPSA) is 63.9 Å². The smallest absolute Gasteiger partial charge is 0.337 e. The van der Waals surface area contributed by atoms with Crippen molar-refractivity contribution in [2.24, 2.45) is 0 Å². The number of para-hydroxylation sites is 1. The van der Waals surface area contributed by atoms with Crippen molar-refractivity contribution in [1.82, 2.24) is 4.57 Å². The maximum atomic E-state index is 11.8. The molecule has 1 aliphatic rings. The molecule has 1 aromatic heterocycles. The van der Waals surface area contributed by atoms with Gasteiger partial charge in [0, 0.05) is 17.4 Å². The van der Waals surface area contributed by atoms with Crippen LogP contribution >= 0.6 is 11.6 Å². The van der Waals surface area contributed by atoms with Gasteiger partial charge in [0.2, 0.25) is 0 Å². The summed E-state index contributed by atoms with van der Waals surface area (Å²) in [5.74, 6) is 1.23. The maximum Gasteiger partial charge on any atom is 0.337 e. The zero-order valence-electron chi connectivity index (χ0n) is 17.6. The van der Waals surface area contributed by atoms with Crippen molar-refractivity contribution in [2.45, 2.75) is 6.10 Å². The third kappa shape index (κ3) is 4.52. The molecular weight excluding hydrogens is 440 g/mol. The van der Waals surface area contributed by atoms with Gasteiger partial charge < -0.3 is 24.0 Å². The lowest BCUT2D eigenvalue weighted by Gasteiger charge is -2.41. The van der Waals surface area contributed by atoms with Gasteiger partial charge in [-0.1, -0.05) is 17.7 Å². The number of aromatic carboxylic acids is 1. The summed E-state index contributed by atoms with van der Waals surface area (Å²) >= 11 is 5.91. The van der Waals surface area contributed by atoms with Crippen LogP contribution in [0.5, 0.6) is 17.2 Å². The van der Waals surface area contributed by atoms with Gasteiger partial charge in [-0.05, 0) is 72.8 Å². The number of carboxylic acid groups (broad SMARTS) is 1. The minimum absolute atomic E-state index is 0.0130. The Hall–Kier alpha value is -3.90. The minimum Gasteiger partial charge on any atom is -0.487 e. The number of nitrogens with zero attached hydrogens (tertiary/aromatic N) is 2. The highest BCUT2D eigenvalue weighted by atomic mass is 35.5. The number of aromatic nitrogens is 1. The molecule has 1 fully saturated rings. The first kappa shape index (κ1) is 21.0. The molecule has 7 heteroatoms. The first-order valence-electron chi connectivity index (χ1n) is 10.5. The Morgan fingerprint density at radius 1 is 0.848 bits per heavy atom. The molecule has 1 saturated heterocycles. The van der Waals surface area contributed by atoms with E-state index in [0.29, 0.717) is 35.3 Å². The van der Waals surface area contributed by atoms with Crippen LogP contribution in [0.1, 0.15) is 10.4 Å². The van der Waals surface area contributed by atoms with E-state index in [1.165, 1.54) is 0 Å². The number of halogens is 1. The van der Waals surface area contributed by atoms with Crippen LogP contribution in [0, 0.1) is 0 Å². The van der Waals surface area contributed by atoms with E-state index in [1.54, 1.807) is 24.3 Å². The van der Waals surface area contributed by atoms with Gasteiger partial charge in [0.15, 0.2) is 0 Å². The molecule has 2 heterocycles. The van der Waals surface area contributed by atoms with Crippen molar-refractivity contribution in [2.75, 3.05) is 18.0 Å². The van der Waals surface area contributed by atoms with Crippen molar-refractivity contribution >= 4 is 23.3 Å². The maximum absolute atomic E-state index is 11.8. The van der Waals surface area contributed by atoms with E-state index in [4.69, 9.17) is 21.1 Å². The molecule has 0 spiro atoms. The Kier molecular flexibility index (Phi) is 5.67. The monoisotopic (exact) mass is 460 g/mol. The summed E-state index contributed by atoms with van der Waals surface area (Å²) in [4.78, 5) is 13.9. The quantitative estimate of drug-likeness (QED) is 0.372. The van der Waals surface area contributed by atoms with E-state index in [-0.39, 0.29) is 11.7 Å². The van der Waals surface area contributed by atoms with Gasteiger partial charge in [0.05, 0.1) is 30.0 Å². The Morgan fingerprint density at radius 2 is 1.45 bits per heavy atom. The second kappa shape index (κ2) is 8.92. The first-order valence-corrected chi connectivity index (χ1v) is 10.9. The molecule has 1 N–H and O–H groups in total. The van der Waals surface area contributed by atoms with E-state index in [2.05, 4.69) is 4.90 Å². The number of hydrogen-bond acceptors (Lipinski definition) is 4. The van der Waals surface area contributed by atoms with Gasteiger partial charge in [0.25, 0.3) is 0 Å². The van der Waals surface area contributed by atoms with E-state index >= 15 is 0 Å². The van der Waals surface area contributed by atoms with Crippen molar-refractivity contribution in [3.8, 4) is 22.9 Å². The number of rotatable bonds is 7. The average molecular weight is 461 g/mol. The van der Waals surface area contributed by atoms with Crippen molar-refractivity contribution in [1.29, 1.82) is 0 Å². The predicted octanol–water partition coefficient (Wildman–Crippen LogP) is 5.89. The van der Waals surface area contributed by atoms with Gasteiger partial charge >= 0.3 is 5.97 Å². The third-order valence-electron chi connectivity index (χ3n) is 5.47. The van der Waals surface area contributed by atoms with Gasteiger partial charge in [-0.3, -0.25) is 0 Å². The molecule has 0 saturated carbocycles. The van der Waals surface area contributed by atoms with E-state index in [0.717, 1.165) is 11.4 Å². The molecule has 4 aromatic rings. The van der Waals surface area contributed by atoms with Crippen molar-refractivity contribution in [3.05, 3.63) is 102 Å². The van der Waals surface area contributed by atoms with Gasteiger partial charge in [-0.2, -0.15) is 0 Å². The second-order valence-corrected chi connectivity index (χ2v) is 8.18. The fraction of sp³-hybridized carbons (Fsp3) is 0.115. The van der Waals surface area contributed by atoms with Crippen LogP contribution in [0.2, 0.25) is 5.02 Å². The SMILES string of the molecule is O=C(O)c1cccc(N2CC(Oc3ccc(Oc4ccc(Cl)cc4)cc3)C2)c1-n1cccc1. The lowest BCUT2D eigenvalue weighted by molar-refractivity contribution is 0.0697.